The lowest BCUT2D eigenvalue weighted by Gasteiger charge is -2.15. The van der Waals surface area contributed by atoms with Crippen LogP contribution in [0.1, 0.15) is 34.3 Å². The third-order valence-electron chi connectivity index (χ3n) is 4.80. The van der Waals surface area contributed by atoms with Crippen molar-refractivity contribution in [2.45, 2.75) is 25.9 Å². The topological polar surface area (TPSA) is 50.8 Å². The number of nitrogens with one attached hydrogen (secondary N) is 1. The highest BCUT2D eigenvalue weighted by molar-refractivity contribution is 14.1. The highest BCUT2D eigenvalue weighted by Gasteiger charge is 2.15. The first-order valence-electron chi connectivity index (χ1n) is 9.10. The number of rotatable bonds is 7. The third-order valence-corrected chi connectivity index (χ3v) is 5.69. The van der Waals surface area contributed by atoms with E-state index in [0.29, 0.717) is 23.6 Å². The van der Waals surface area contributed by atoms with E-state index in [1.165, 1.54) is 31.5 Å². The molecule has 0 spiro atoms. The zero-order chi connectivity index (χ0) is 19.2. The van der Waals surface area contributed by atoms with Gasteiger partial charge in [0, 0.05) is 16.7 Å². The van der Waals surface area contributed by atoms with Crippen LogP contribution in [0.15, 0.2) is 36.4 Å². The van der Waals surface area contributed by atoms with Crippen LogP contribution in [0, 0.1) is 3.57 Å². The Morgan fingerprint density at radius 1 is 1.04 bits per heavy atom. The predicted molar refractivity (Wildman–Crippen MR) is 114 cm³/mol. The molecular formula is C21H25IN2O3. The number of methoxy groups -OCH3 is 2. The minimum atomic E-state index is -0.124. The van der Waals surface area contributed by atoms with E-state index in [1.807, 2.05) is 6.07 Å². The van der Waals surface area contributed by atoms with Crippen LogP contribution >= 0.6 is 22.6 Å². The van der Waals surface area contributed by atoms with Crippen molar-refractivity contribution in [2.75, 3.05) is 27.3 Å². The number of hydrogen-bond donors (Lipinski definition) is 1. The Labute approximate surface area is 174 Å². The van der Waals surface area contributed by atoms with Crippen molar-refractivity contribution in [3.63, 3.8) is 0 Å². The summed E-state index contributed by atoms with van der Waals surface area (Å²) in [5.41, 5.74) is 2.99. The van der Waals surface area contributed by atoms with Crippen molar-refractivity contribution in [1.82, 2.24) is 10.2 Å². The molecule has 1 amide bonds. The van der Waals surface area contributed by atoms with Crippen LogP contribution in [0.5, 0.6) is 11.5 Å². The van der Waals surface area contributed by atoms with Gasteiger partial charge in [0.05, 0.1) is 19.8 Å². The second kappa shape index (κ2) is 9.41. The fraction of sp³-hybridized carbons (Fsp3) is 0.381. The molecule has 1 aliphatic heterocycles. The molecule has 2 aromatic carbocycles. The van der Waals surface area contributed by atoms with Crippen LogP contribution in [-0.4, -0.2) is 38.1 Å². The van der Waals surface area contributed by atoms with Crippen molar-refractivity contribution in [1.29, 1.82) is 0 Å². The number of ether oxygens (including phenoxy) is 2. The summed E-state index contributed by atoms with van der Waals surface area (Å²) < 4.78 is 11.4. The maximum atomic E-state index is 12.6. The molecule has 27 heavy (non-hydrogen) atoms. The van der Waals surface area contributed by atoms with Gasteiger partial charge in [0.25, 0.3) is 5.91 Å². The minimum absolute atomic E-state index is 0.124. The fourth-order valence-corrected chi connectivity index (χ4v) is 3.95. The molecule has 1 N–H and O–H groups in total. The molecule has 1 saturated heterocycles. The summed E-state index contributed by atoms with van der Waals surface area (Å²) in [4.78, 5) is 15.1. The van der Waals surface area contributed by atoms with E-state index in [4.69, 9.17) is 9.47 Å². The molecule has 0 bridgehead atoms. The van der Waals surface area contributed by atoms with Gasteiger partial charge in [-0.15, -0.1) is 0 Å². The lowest BCUT2D eigenvalue weighted by atomic mass is 10.1. The number of carbonyl (C=O) groups is 1. The number of benzene rings is 2. The number of likely N-dealkylation sites (tertiary alicyclic amines) is 1. The van der Waals surface area contributed by atoms with E-state index < -0.39 is 0 Å². The average Bonchev–Trinajstić information content (AvgIpc) is 3.20. The van der Waals surface area contributed by atoms with Crippen LogP contribution in [0.4, 0.5) is 0 Å². The van der Waals surface area contributed by atoms with Gasteiger partial charge in [0.15, 0.2) is 11.5 Å². The number of carbonyl (C=O) groups excluding carboxylic acids is 1. The van der Waals surface area contributed by atoms with Gasteiger partial charge >= 0.3 is 0 Å². The standard InChI is InChI=1S/C21H25IN2O3/c1-26-19-11-17(18(22)12-20(19)27-2)21(25)23-13-15-5-7-16(8-6-15)14-24-9-3-4-10-24/h5-8,11-12H,3-4,9-10,13-14H2,1-2H3,(H,23,25). The summed E-state index contributed by atoms with van der Waals surface area (Å²) in [5, 5.41) is 2.99. The van der Waals surface area contributed by atoms with Gasteiger partial charge in [-0.25, -0.2) is 0 Å². The van der Waals surface area contributed by atoms with Crippen LogP contribution < -0.4 is 14.8 Å². The molecule has 0 radical (unpaired) electrons. The van der Waals surface area contributed by atoms with E-state index in [0.717, 1.165) is 15.7 Å². The summed E-state index contributed by atoms with van der Waals surface area (Å²) in [5.74, 6) is 1.04. The van der Waals surface area contributed by atoms with Gasteiger partial charge in [-0.2, -0.15) is 0 Å². The summed E-state index contributed by atoms with van der Waals surface area (Å²) in [7, 11) is 3.15. The van der Waals surface area contributed by atoms with Crippen molar-refractivity contribution in [2.24, 2.45) is 0 Å². The normalized spacial score (nSPS) is 14.2. The summed E-state index contributed by atoms with van der Waals surface area (Å²) in [6, 6.07) is 12.0. The Morgan fingerprint density at radius 2 is 1.63 bits per heavy atom. The number of halogens is 1. The lowest BCUT2D eigenvalue weighted by molar-refractivity contribution is 0.0949. The Kier molecular flexibility index (Phi) is 6.95. The molecule has 144 valence electrons. The predicted octanol–water partition coefficient (Wildman–Crippen LogP) is 3.83. The molecule has 0 saturated carbocycles. The zero-order valence-corrected chi connectivity index (χ0v) is 17.9. The maximum absolute atomic E-state index is 12.6. The molecule has 2 aromatic rings. The van der Waals surface area contributed by atoms with Crippen LogP contribution in [0.25, 0.3) is 0 Å². The smallest absolute Gasteiger partial charge is 0.252 e. The summed E-state index contributed by atoms with van der Waals surface area (Å²) >= 11 is 2.14. The Morgan fingerprint density at radius 3 is 2.26 bits per heavy atom. The summed E-state index contributed by atoms with van der Waals surface area (Å²) in [6.45, 7) is 3.90. The van der Waals surface area contributed by atoms with Gasteiger partial charge < -0.3 is 14.8 Å². The first kappa shape index (κ1) is 19.9. The highest BCUT2D eigenvalue weighted by Crippen LogP contribution is 2.31. The molecule has 6 heteroatoms. The third kappa shape index (κ3) is 5.13. The minimum Gasteiger partial charge on any atom is -0.493 e. The maximum Gasteiger partial charge on any atom is 0.252 e. The van der Waals surface area contributed by atoms with E-state index >= 15 is 0 Å². The van der Waals surface area contributed by atoms with Crippen molar-refractivity contribution in [3.05, 3.63) is 56.7 Å². The zero-order valence-electron chi connectivity index (χ0n) is 15.8. The van der Waals surface area contributed by atoms with Crippen molar-refractivity contribution in [3.8, 4) is 11.5 Å². The molecule has 5 nitrogen and oxygen atoms in total. The van der Waals surface area contributed by atoms with Gasteiger partial charge in [-0.1, -0.05) is 24.3 Å². The Bertz CT molecular complexity index is 787. The van der Waals surface area contributed by atoms with Crippen molar-refractivity contribution < 1.29 is 14.3 Å². The Balaban J connectivity index is 1.60. The Hall–Kier alpha value is -1.80. The van der Waals surface area contributed by atoms with Crippen LogP contribution in [0.2, 0.25) is 0 Å². The van der Waals surface area contributed by atoms with Crippen LogP contribution in [-0.2, 0) is 13.1 Å². The molecule has 0 atom stereocenters. The number of amides is 1. The molecule has 1 heterocycles. The van der Waals surface area contributed by atoms with E-state index in [-0.39, 0.29) is 5.91 Å². The SMILES string of the molecule is COc1cc(I)c(C(=O)NCc2ccc(CN3CCCC3)cc2)cc1OC. The van der Waals surface area contributed by atoms with Gasteiger partial charge in [0.2, 0.25) is 0 Å². The van der Waals surface area contributed by atoms with E-state index in [2.05, 4.69) is 57.1 Å². The number of hydrogen-bond acceptors (Lipinski definition) is 4. The van der Waals surface area contributed by atoms with Crippen LogP contribution in [0.3, 0.4) is 0 Å². The van der Waals surface area contributed by atoms with E-state index in [9.17, 15) is 4.79 Å². The molecule has 1 fully saturated rings. The fourth-order valence-electron chi connectivity index (χ4n) is 3.27. The molecule has 3 rings (SSSR count). The molecular weight excluding hydrogens is 455 g/mol. The second-order valence-electron chi connectivity index (χ2n) is 6.67. The summed E-state index contributed by atoms with van der Waals surface area (Å²) in [6.07, 6.45) is 2.61. The quantitative estimate of drug-likeness (QED) is 0.613. The monoisotopic (exact) mass is 480 g/mol. The van der Waals surface area contributed by atoms with Gasteiger partial charge in [-0.05, 0) is 71.8 Å². The first-order chi connectivity index (χ1) is 13.1. The molecule has 0 aliphatic carbocycles. The molecule has 1 aliphatic rings. The number of nitrogens with zero attached hydrogens (tertiary/aromatic N) is 1. The van der Waals surface area contributed by atoms with Gasteiger partial charge in [0.1, 0.15) is 0 Å². The van der Waals surface area contributed by atoms with Crippen molar-refractivity contribution >= 4 is 28.5 Å². The average molecular weight is 480 g/mol. The second-order valence-corrected chi connectivity index (χ2v) is 7.83. The van der Waals surface area contributed by atoms with Gasteiger partial charge in [-0.3, -0.25) is 9.69 Å². The lowest BCUT2D eigenvalue weighted by Crippen LogP contribution is -2.24. The molecule has 0 aromatic heterocycles. The molecule has 0 unspecified atom stereocenters. The first-order valence-corrected chi connectivity index (χ1v) is 10.2. The highest BCUT2D eigenvalue weighted by atomic mass is 127. The largest absolute Gasteiger partial charge is 0.493 e. The van der Waals surface area contributed by atoms with E-state index in [1.54, 1.807) is 20.3 Å².